The van der Waals surface area contributed by atoms with Crippen molar-refractivity contribution in [2.75, 3.05) is 0 Å². The van der Waals surface area contributed by atoms with E-state index < -0.39 is 17.2 Å². The van der Waals surface area contributed by atoms with Crippen LogP contribution in [0, 0.1) is 18.6 Å². The summed E-state index contributed by atoms with van der Waals surface area (Å²) in [5.74, 6) is -1.29. The minimum atomic E-state index is -0.717. The predicted molar refractivity (Wildman–Crippen MR) is 116 cm³/mol. The van der Waals surface area contributed by atoms with Crippen molar-refractivity contribution >= 4 is 17.0 Å². The van der Waals surface area contributed by atoms with Crippen LogP contribution in [0.15, 0.2) is 72.0 Å². The summed E-state index contributed by atoms with van der Waals surface area (Å²) in [5, 5.41) is 5.17. The number of aryl methyl sites for hydroxylation is 1. The third kappa shape index (κ3) is 3.80. The summed E-state index contributed by atoms with van der Waals surface area (Å²) < 4.78 is 28.3. The van der Waals surface area contributed by atoms with Crippen LogP contribution in [0.3, 0.4) is 0 Å². The van der Waals surface area contributed by atoms with E-state index in [9.17, 15) is 8.78 Å². The Morgan fingerprint density at radius 2 is 1.93 bits per heavy atom. The lowest BCUT2D eigenvalue weighted by atomic mass is 9.88. The number of hydrazone groups is 1. The first-order chi connectivity index (χ1) is 14.5. The lowest BCUT2D eigenvalue weighted by Gasteiger charge is -2.30. The SMILES string of the molecule is C/C(=N\NC1(c2nc(-c3ccccn3)sc2C)C=CC=CC1)c1c(F)cccc1F. The third-order valence-corrected chi connectivity index (χ3v) is 5.91. The molecule has 0 saturated heterocycles. The highest BCUT2D eigenvalue weighted by Crippen LogP contribution is 2.37. The van der Waals surface area contributed by atoms with Gasteiger partial charge in [-0.2, -0.15) is 5.10 Å². The van der Waals surface area contributed by atoms with Gasteiger partial charge in [-0.3, -0.25) is 10.4 Å². The van der Waals surface area contributed by atoms with Gasteiger partial charge in [0, 0.05) is 11.1 Å². The van der Waals surface area contributed by atoms with Gasteiger partial charge in [0.15, 0.2) is 0 Å². The number of nitrogens with one attached hydrogen (secondary N) is 1. The second kappa shape index (κ2) is 8.28. The molecule has 1 aliphatic carbocycles. The number of halogens is 2. The van der Waals surface area contributed by atoms with Crippen LogP contribution in [-0.2, 0) is 5.54 Å². The lowest BCUT2D eigenvalue weighted by molar-refractivity contribution is 0.418. The van der Waals surface area contributed by atoms with E-state index >= 15 is 0 Å². The molecule has 0 fully saturated rings. The molecule has 1 unspecified atom stereocenters. The predicted octanol–water partition coefficient (Wildman–Crippen LogP) is 5.52. The van der Waals surface area contributed by atoms with Crippen molar-refractivity contribution in [2.45, 2.75) is 25.8 Å². The van der Waals surface area contributed by atoms with E-state index in [0.717, 1.165) is 21.3 Å². The normalized spacial score (nSPS) is 18.6. The van der Waals surface area contributed by atoms with Crippen molar-refractivity contribution in [1.82, 2.24) is 15.4 Å². The van der Waals surface area contributed by atoms with Crippen molar-refractivity contribution < 1.29 is 8.78 Å². The van der Waals surface area contributed by atoms with Crippen LogP contribution in [0.1, 0.15) is 29.5 Å². The van der Waals surface area contributed by atoms with Crippen LogP contribution in [0.25, 0.3) is 10.7 Å². The number of thiazole rings is 1. The zero-order chi connectivity index (χ0) is 21.1. The maximum Gasteiger partial charge on any atom is 0.142 e. The summed E-state index contributed by atoms with van der Waals surface area (Å²) in [7, 11) is 0. The lowest BCUT2D eigenvalue weighted by Crippen LogP contribution is -2.39. The molecule has 0 aliphatic heterocycles. The fourth-order valence-corrected chi connectivity index (χ4v) is 4.40. The number of aromatic nitrogens is 2. The Morgan fingerprint density at radius 1 is 1.13 bits per heavy atom. The summed E-state index contributed by atoms with van der Waals surface area (Å²) in [6.45, 7) is 3.58. The van der Waals surface area contributed by atoms with Crippen LogP contribution < -0.4 is 5.43 Å². The minimum Gasteiger partial charge on any atom is -0.293 e. The molecule has 4 rings (SSSR count). The van der Waals surface area contributed by atoms with Gasteiger partial charge in [0.2, 0.25) is 0 Å². The molecule has 0 radical (unpaired) electrons. The standard InChI is InChI=1S/C23H20F2N4S/c1-15(20-17(24)9-8-10-18(20)25)28-29-23(12-5-3-6-13-23)21-16(2)30-22(27-21)19-11-4-7-14-26-19/h3-12,14,29H,13H2,1-2H3/b28-15+. The Kier molecular flexibility index (Phi) is 5.55. The quantitative estimate of drug-likeness (QED) is 0.435. The van der Waals surface area contributed by atoms with Crippen molar-refractivity contribution in [2.24, 2.45) is 5.10 Å². The minimum absolute atomic E-state index is 0.139. The summed E-state index contributed by atoms with van der Waals surface area (Å²) in [6.07, 6.45) is 10.2. The molecule has 1 atom stereocenters. The Balaban J connectivity index is 1.72. The largest absolute Gasteiger partial charge is 0.293 e. The number of hydrogen-bond acceptors (Lipinski definition) is 5. The maximum absolute atomic E-state index is 14.1. The average molecular weight is 423 g/mol. The number of pyridine rings is 1. The monoisotopic (exact) mass is 422 g/mol. The molecule has 1 aromatic carbocycles. The fraction of sp³-hybridized carbons (Fsp3) is 0.174. The van der Waals surface area contributed by atoms with Gasteiger partial charge in [0.25, 0.3) is 0 Å². The Hall–Kier alpha value is -3.19. The van der Waals surface area contributed by atoms with E-state index in [2.05, 4.69) is 15.5 Å². The zero-order valence-corrected chi connectivity index (χ0v) is 17.4. The molecule has 3 aromatic rings. The second-order valence-electron chi connectivity index (χ2n) is 7.01. The second-order valence-corrected chi connectivity index (χ2v) is 8.21. The Labute approximate surface area is 177 Å². The van der Waals surface area contributed by atoms with Gasteiger partial charge in [0.1, 0.15) is 22.2 Å². The van der Waals surface area contributed by atoms with Crippen LogP contribution in [-0.4, -0.2) is 15.7 Å². The van der Waals surface area contributed by atoms with Gasteiger partial charge >= 0.3 is 0 Å². The van der Waals surface area contributed by atoms with E-state index in [1.165, 1.54) is 18.2 Å². The van der Waals surface area contributed by atoms with E-state index in [4.69, 9.17) is 4.98 Å². The van der Waals surface area contributed by atoms with Crippen molar-refractivity contribution in [3.63, 3.8) is 0 Å². The number of rotatable bonds is 5. The van der Waals surface area contributed by atoms with Crippen molar-refractivity contribution in [1.29, 1.82) is 0 Å². The van der Waals surface area contributed by atoms with Crippen LogP contribution in [0.2, 0.25) is 0 Å². The molecular weight excluding hydrogens is 402 g/mol. The molecule has 2 aromatic heterocycles. The summed E-state index contributed by atoms with van der Waals surface area (Å²) >= 11 is 1.56. The molecule has 0 amide bonds. The molecule has 0 saturated carbocycles. The van der Waals surface area contributed by atoms with Gasteiger partial charge < -0.3 is 0 Å². The smallest absolute Gasteiger partial charge is 0.142 e. The van der Waals surface area contributed by atoms with Crippen LogP contribution in [0.4, 0.5) is 8.78 Å². The summed E-state index contributed by atoms with van der Waals surface area (Å²) in [6, 6.07) is 9.49. The van der Waals surface area contributed by atoms with E-state index in [-0.39, 0.29) is 11.3 Å². The molecule has 1 aliphatic rings. The maximum atomic E-state index is 14.1. The van der Waals surface area contributed by atoms with E-state index in [0.29, 0.717) is 6.42 Å². The first-order valence-electron chi connectivity index (χ1n) is 9.50. The number of hydrogen-bond donors (Lipinski definition) is 1. The number of allylic oxidation sites excluding steroid dienone is 2. The van der Waals surface area contributed by atoms with Gasteiger partial charge in [-0.1, -0.05) is 36.4 Å². The zero-order valence-electron chi connectivity index (χ0n) is 16.6. The van der Waals surface area contributed by atoms with Gasteiger partial charge in [-0.25, -0.2) is 13.8 Å². The van der Waals surface area contributed by atoms with Crippen molar-refractivity contribution in [3.05, 3.63) is 94.7 Å². The first kappa shape index (κ1) is 20.1. The summed E-state index contributed by atoms with van der Waals surface area (Å²) in [5.41, 5.74) is 4.14. The third-order valence-electron chi connectivity index (χ3n) is 4.92. The highest BCUT2D eigenvalue weighted by Gasteiger charge is 2.34. The van der Waals surface area contributed by atoms with E-state index in [1.54, 1.807) is 24.5 Å². The van der Waals surface area contributed by atoms with Crippen molar-refractivity contribution in [3.8, 4) is 10.7 Å². The molecule has 4 nitrogen and oxygen atoms in total. The Morgan fingerprint density at radius 3 is 2.60 bits per heavy atom. The van der Waals surface area contributed by atoms with E-state index in [1.807, 2.05) is 49.4 Å². The number of nitrogens with zero attached hydrogens (tertiary/aromatic N) is 3. The molecule has 2 heterocycles. The highest BCUT2D eigenvalue weighted by atomic mass is 32.1. The first-order valence-corrected chi connectivity index (χ1v) is 10.3. The molecule has 0 spiro atoms. The molecule has 152 valence electrons. The molecule has 1 N–H and O–H groups in total. The number of benzene rings is 1. The Bertz CT molecular complexity index is 1130. The van der Waals surface area contributed by atoms with Crippen LogP contribution >= 0.6 is 11.3 Å². The highest BCUT2D eigenvalue weighted by molar-refractivity contribution is 7.15. The fourth-order valence-electron chi connectivity index (χ4n) is 3.42. The van der Waals surface area contributed by atoms with Gasteiger partial charge in [-0.05, 0) is 44.5 Å². The molecule has 30 heavy (non-hydrogen) atoms. The van der Waals surface area contributed by atoms with Gasteiger partial charge in [0.05, 0.1) is 22.7 Å². The topological polar surface area (TPSA) is 50.2 Å². The van der Waals surface area contributed by atoms with Gasteiger partial charge in [-0.15, -0.1) is 11.3 Å². The molecule has 7 heteroatoms. The van der Waals surface area contributed by atoms with Crippen LogP contribution in [0.5, 0.6) is 0 Å². The molecular formula is C23H20F2N4S. The average Bonchev–Trinajstić information content (AvgIpc) is 3.16. The summed E-state index contributed by atoms with van der Waals surface area (Å²) in [4.78, 5) is 10.3. The molecule has 0 bridgehead atoms.